The summed E-state index contributed by atoms with van der Waals surface area (Å²) in [5, 5.41) is 0. The van der Waals surface area contributed by atoms with Crippen molar-refractivity contribution in [3.63, 3.8) is 0 Å². The lowest BCUT2D eigenvalue weighted by molar-refractivity contribution is 0.354. The number of benzene rings is 2. The standard InChI is InChI=1S/C17H17NO2.C2H6/c1-19-15-10-13-8-9-18-17(12-6-4-3-5-7-12)14(13)11-16(15)20-2;1-2/h3-7,10-11H,8-9H2,1-2H3;1-2H3. The fraction of sp³-hybridized carbons (Fsp3) is 0.316. The zero-order chi connectivity index (χ0) is 15.9. The lowest BCUT2D eigenvalue weighted by Crippen LogP contribution is -2.14. The molecule has 0 N–H and O–H groups in total. The summed E-state index contributed by atoms with van der Waals surface area (Å²) in [7, 11) is 3.33. The first-order valence-electron chi connectivity index (χ1n) is 7.68. The van der Waals surface area contributed by atoms with E-state index in [1.807, 2.05) is 38.1 Å². The van der Waals surface area contributed by atoms with Gasteiger partial charge >= 0.3 is 0 Å². The molecule has 2 aromatic rings. The van der Waals surface area contributed by atoms with E-state index in [9.17, 15) is 0 Å². The lowest BCUT2D eigenvalue weighted by Gasteiger charge is -2.20. The van der Waals surface area contributed by atoms with Crippen molar-refractivity contribution in [2.24, 2.45) is 4.99 Å². The molecule has 0 saturated carbocycles. The zero-order valence-electron chi connectivity index (χ0n) is 13.7. The number of nitrogens with zero attached hydrogens (tertiary/aromatic N) is 1. The summed E-state index contributed by atoms with van der Waals surface area (Å²) in [5.41, 5.74) is 4.57. The van der Waals surface area contributed by atoms with Crippen molar-refractivity contribution in [1.29, 1.82) is 0 Å². The van der Waals surface area contributed by atoms with Crippen LogP contribution in [0.3, 0.4) is 0 Å². The quantitative estimate of drug-likeness (QED) is 0.853. The lowest BCUT2D eigenvalue weighted by atomic mass is 9.93. The van der Waals surface area contributed by atoms with E-state index in [0.29, 0.717) is 0 Å². The summed E-state index contributed by atoms with van der Waals surface area (Å²) in [6, 6.07) is 14.3. The molecule has 3 rings (SSSR count). The fourth-order valence-electron chi connectivity index (χ4n) is 2.56. The van der Waals surface area contributed by atoms with Gasteiger partial charge in [0.05, 0.1) is 19.9 Å². The van der Waals surface area contributed by atoms with Crippen LogP contribution in [-0.4, -0.2) is 26.5 Å². The molecule has 1 aliphatic heterocycles. The molecular formula is C19H23NO2. The number of aliphatic imine (C=N–C) groups is 1. The maximum Gasteiger partial charge on any atom is 0.161 e. The highest BCUT2D eigenvalue weighted by molar-refractivity contribution is 6.14. The van der Waals surface area contributed by atoms with Crippen molar-refractivity contribution < 1.29 is 9.47 Å². The van der Waals surface area contributed by atoms with Gasteiger partial charge in [-0.25, -0.2) is 0 Å². The third-order valence-electron chi connectivity index (χ3n) is 3.56. The summed E-state index contributed by atoms with van der Waals surface area (Å²) in [6.45, 7) is 4.81. The van der Waals surface area contributed by atoms with E-state index in [1.165, 1.54) is 5.56 Å². The highest BCUT2D eigenvalue weighted by atomic mass is 16.5. The normalized spacial score (nSPS) is 12.5. The number of ether oxygens (including phenoxy) is 2. The van der Waals surface area contributed by atoms with Gasteiger partial charge in [-0.2, -0.15) is 0 Å². The van der Waals surface area contributed by atoms with Crippen LogP contribution in [0.4, 0.5) is 0 Å². The molecule has 0 saturated heterocycles. The minimum Gasteiger partial charge on any atom is -0.493 e. The molecular weight excluding hydrogens is 274 g/mol. The van der Waals surface area contributed by atoms with Gasteiger partial charge in [-0.15, -0.1) is 0 Å². The predicted molar refractivity (Wildman–Crippen MR) is 91.5 cm³/mol. The van der Waals surface area contributed by atoms with Crippen molar-refractivity contribution in [1.82, 2.24) is 0 Å². The van der Waals surface area contributed by atoms with Crippen molar-refractivity contribution in [2.75, 3.05) is 20.8 Å². The van der Waals surface area contributed by atoms with Gasteiger partial charge in [0.1, 0.15) is 0 Å². The number of hydrogen-bond donors (Lipinski definition) is 0. The molecule has 3 heteroatoms. The molecule has 0 radical (unpaired) electrons. The topological polar surface area (TPSA) is 30.8 Å². The maximum absolute atomic E-state index is 5.41. The smallest absolute Gasteiger partial charge is 0.161 e. The van der Waals surface area contributed by atoms with E-state index in [1.54, 1.807) is 14.2 Å². The average molecular weight is 297 g/mol. The van der Waals surface area contributed by atoms with Crippen LogP contribution in [0.1, 0.15) is 30.5 Å². The molecule has 0 unspecified atom stereocenters. The van der Waals surface area contributed by atoms with Crippen molar-refractivity contribution in [2.45, 2.75) is 20.3 Å². The van der Waals surface area contributed by atoms with Crippen LogP contribution in [0, 0.1) is 0 Å². The Balaban J connectivity index is 0.000000847. The van der Waals surface area contributed by atoms with Gasteiger partial charge in [-0.05, 0) is 24.1 Å². The summed E-state index contributed by atoms with van der Waals surface area (Å²) < 4.78 is 10.8. The Morgan fingerprint density at radius 3 is 2.18 bits per heavy atom. The molecule has 116 valence electrons. The Kier molecular flexibility index (Phi) is 5.59. The van der Waals surface area contributed by atoms with E-state index in [-0.39, 0.29) is 0 Å². The van der Waals surface area contributed by atoms with Gasteiger partial charge in [-0.1, -0.05) is 44.2 Å². The van der Waals surface area contributed by atoms with Crippen LogP contribution in [0.2, 0.25) is 0 Å². The minimum absolute atomic E-state index is 0.747. The monoisotopic (exact) mass is 297 g/mol. The van der Waals surface area contributed by atoms with Crippen LogP contribution < -0.4 is 9.47 Å². The second-order valence-corrected chi connectivity index (χ2v) is 4.71. The van der Waals surface area contributed by atoms with Crippen molar-refractivity contribution in [3.05, 3.63) is 59.2 Å². The number of methoxy groups -OCH3 is 2. The summed E-state index contributed by atoms with van der Waals surface area (Å²) >= 11 is 0. The molecule has 0 aromatic heterocycles. The van der Waals surface area contributed by atoms with E-state index in [4.69, 9.17) is 14.5 Å². The van der Waals surface area contributed by atoms with Crippen molar-refractivity contribution in [3.8, 4) is 11.5 Å². The molecule has 3 nitrogen and oxygen atoms in total. The minimum atomic E-state index is 0.747. The molecule has 2 aromatic carbocycles. The van der Waals surface area contributed by atoms with Gasteiger partial charge in [0, 0.05) is 17.7 Å². The van der Waals surface area contributed by atoms with Crippen LogP contribution in [0.25, 0.3) is 0 Å². The van der Waals surface area contributed by atoms with E-state index in [2.05, 4.69) is 18.2 Å². The van der Waals surface area contributed by atoms with Crippen molar-refractivity contribution >= 4 is 5.71 Å². The first-order valence-corrected chi connectivity index (χ1v) is 7.68. The Labute approximate surface area is 132 Å². The zero-order valence-corrected chi connectivity index (χ0v) is 13.7. The Morgan fingerprint density at radius 2 is 1.55 bits per heavy atom. The van der Waals surface area contributed by atoms with E-state index < -0.39 is 0 Å². The first kappa shape index (κ1) is 16.1. The van der Waals surface area contributed by atoms with Gasteiger partial charge in [-0.3, -0.25) is 4.99 Å². The molecule has 0 spiro atoms. The van der Waals surface area contributed by atoms with Gasteiger partial charge in [0.15, 0.2) is 11.5 Å². The second-order valence-electron chi connectivity index (χ2n) is 4.71. The Bertz CT molecular complexity index is 648. The average Bonchev–Trinajstić information content (AvgIpc) is 2.62. The molecule has 1 aliphatic rings. The summed E-state index contributed by atoms with van der Waals surface area (Å²) in [5.74, 6) is 1.53. The van der Waals surface area contributed by atoms with Gasteiger partial charge in [0.2, 0.25) is 0 Å². The third-order valence-corrected chi connectivity index (χ3v) is 3.56. The Hall–Kier alpha value is -2.29. The molecule has 0 fully saturated rings. The molecule has 0 atom stereocenters. The summed E-state index contributed by atoms with van der Waals surface area (Å²) in [4.78, 5) is 4.69. The maximum atomic E-state index is 5.41. The first-order chi connectivity index (χ1) is 10.8. The van der Waals surface area contributed by atoms with Crippen LogP contribution in [0.15, 0.2) is 47.5 Å². The fourth-order valence-corrected chi connectivity index (χ4v) is 2.56. The molecule has 0 bridgehead atoms. The number of fused-ring (bicyclic) bond motifs is 1. The van der Waals surface area contributed by atoms with Gasteiger partial charge in [0.25, 0.3) is 0 Å². The molecule has 0 aliphatic carbocycles. The van der Waals surface area contributed by atoms with E-state index in [0.717, 1.165) is 41.3 Å². The number of rotatable bonds is 3. The highest BCUT2D eigenvalue weighted by Gasteiger charge is 2.19. The SMILES string of the molecule is CC.COc1cc2c(cc1OC)C(c1ccccc1)=NCC2. The molecule has 0 amide bonds. The summed E-state index contributed by atoms with van der Waals surface area (Å²) in [6.07, 6.45) is 0.937. The highest BCUT2D eigenvalue weighted by Crippen LogP contribution is 2.33. The van der Waals surface area contributed by atoms with Gasteiger partial charge < -0.3 is 9.47 Å². The largest absolute Gasteiger partial charge is 0.493 e. The van der Waals surface area contributed by atoms with Crippen LogP contribution >= 0.6 is 0 Å². The Morgan fingerprint density at radius 1 is 0.909 bits per heavy atom. The third kappa shape index (κ3) is 3.14. The predicted octanol–water partition coefficient (Wildman–Crippen LogP) is 4.12. The van der Waals surface area contributed by atoms with Crippen LogP contribution in [-0.2, 0) is 6.42 Å². The molecule has 1 heterocycles. The molecule has 22 heavy (non-hydrogen) atoms. The number of hydrogen-bond acceptors (Lipinski definition) is 3. The van der Waals surface area contributed by atoms with Crippen LogP contribution in [0.5, 0.6) is 11.5 Å². The van der Waals surface area contributed by atoms with E-state index >= 15 is 0 Å². The second kappa shape index (κ2) is 7.64.